The maximum atomic E-state index is 13.1. The molecule has 0 radical (unpaired) electrons. The summed E-state index contributed by atoms with van der Waals surface area (Å²) in [4.78, 5) is 36.3. The fourth-order valence-corrected chi connectivity index (χ4v) is 5.48. The Hall–Kier alpha value is -3.04. The van der Waals surface area contributed by atoms with Gasteiger partial charge in [0, 0.05) is 9.90 Å². The lowest BCUT2D eigenvalue weighted by Gasteiger charge is -2.17. The van der Waals surface area contributed by atoms with E-state index in [0.29, 0.717) is 27.7 Å². The van der Waals surface area contributed by atoms with Gasteiger partial charge < -0.3 is 5.32 Å². The zero-order chi connectivity index (χ0) is 21.5. The van der Waals surface area contributed by atoms with E-state index in [1.807, 2.05) is 0 Å². The Balaban J connectivity index is 1.44. The minimum absolute atomic E-state index is 0.147. The van der Waals surface area contributed by atoms with Gasteiger partial charge in [-0.2, -0.15) is 5.10 Å². The van der Waals surface area contributed by atoms with Crippen molar-refractivity contribution in [1.82, 2.24) is 24.3 Å². The molecule has 0 saturated heterocycles. The Morgan fingerprint density at radius 2 is 2.23 bits per heavy atom. The van der Waals surface area contributed by atoms with E-state index in [4.69, 9.17) is 11.6 Å². The smallest absolute Gasteiger partial charge is 0.262 e. The molecule has 1 atom stereocenters. The van der Waals surface area contributed by atoms with Crippen LogP contribution in [-0.4, -0.2) is 30.2 Å². The molecule has 3 aromatic heterocycles. The second-order valence-electron chi connectivity index (χ2n) is 7.76. The Bertz CT molecular complexity index is 1340. The lowest BCUT2D eigenvalue weighted by Crippen LogP contribution is -2.28. The number of thiophene rings is 1. The summed E-state index contributed by atoms with van der Waals surface area (Å²) >= 11 is 7.71. The van der Waals surface area contributed by atoms with Crippen molar-refractivity contribution in [2.24, 2.45) is 5.92 Å². The lowest BCUT2D eigenvalue weighted by atomic mass is 9.89. The first-order chi connectivity index (χ1) is 15.0. The Morgan fingerprint density at radius 3 is 3.03 bits per heavy atom. The van der Waals surface area contributed by atoms with Crippen molar-refractivity contribution < 1.29 is 4.79 Å². The van der Waals surface area contributed by atoms with Gasteiger partial charge in [-0.3, -0.25) is 14.2 Å². The minimum Gasteiger partial charge on any atom is -0.323 e. The molecule has 0 bridgehead atoms. The maximum absolute atomic E-state index is 13.1. The van der Waals surface area contributed by atoms with Crippen molar-refractivity contribution in [1.29, 1.82) is 0 Å². The van der Waals surface area contributed by atoms with Crippen LogP contribution in [0, 0.1) is 5.92 Å². The van der Waals surface area contributed by atoms with Gasteiger partial charge >= 0.3 is 0 Å². The predicted molar refractivity (Wildman–Crippen MR) is 120 cm³/mol. The van der Waals surface area contributed by atoms with Gasteiger partial charge in [0.15, 0.2) is 0 Å². The van der Waals surface area contributed by atoms with Crippen molar-refractivity contribution in [3.63, 3.8) is 0 Å². The summed E-state index contributed by atoms with van der Waals surface area (Å²) in [6, 6.07) is 5.08. The number of aromatic nitrogens is 5. The van der Waals surface area contributed by atoms with E-state index in [-0.39, 0.29) is 18.0 Å². The molecule has 1 aliphatic rings. The summed E-state index contributed by atoms with van der Waals surface area (Å²) in [7, 11) is 0. The molecule has 5 rings (SSSR count). The van der Waals surface area contributed by atoms with Crippen LogP contribution >= 0.6 is 22.9 Å². The van der Waals surface area contributed by atoms with Crippen LogP contribution in [0.25, 0.3) is 15.9 Å². The monoisotopic (exact) mass is 454 g/mol. The molecule has 4 aromatic rings. The number of rotatable bonds is 4. The Labute approximate surface area is 186 Å². The van der Waals surface area contributed by atoms with E-state index in [1.54, 1.807) is 29.5 Å². The summed E-state index contributed by atoms with van der Waals surface area (Å²) in [6.45, 7) is 2.08. The van der Waals surface area contributed by atoms with E-state index in [9.17, 15) is 9.59 Å². The van der Waals surface area contributed by atoms with E-state index in [1.165, 1.54) is 33.1 Å². The molecule has 1 N–H and O–H groups in total. The number of nitrogens with one attached hydrogen (secondary N) is 1. The summed E-state index contributed by atoms with van der Waals surface area (Å²) in [6.07, 6.45) is 7.31. The molecule has 0 fully saturated rings. The molecule has 10 heteroatoms. The number of anilines is 1. The van der Waals surface area contributed by atoms with Crippen LogP contribution < -0.4 is 10.9 Å². The quantitative estimate of drug-likeness (QED) is 0.509. The molecule has 31 heavy (non-hydrogen) atoms. The van der Waals surface area contributed by atoms with Gasteiger partial charge in [-0.1, -0.05) is 18.5 Å². The maximum Gasteiger partial charge on any atom is 0.262 e. The first-order valence-corrected chi connectivity index (χ1v) is 11.1. The van der Waals surface area contributed by atoms with Gasteiger partial charge in [0.05, 0.1) is 23.1 Å². The molecule has 1 aliphatic carbocycles. The number of carbonyl (C=O) groups is 1. The van der Waals surface area contributed by atoms with Crippen molar-refractivity contribution >= 4 is 44.7 Å². The van der Waals surface area contributed by atoms with Crippen LogP contribution in [0.4, 0.5) is 5.69 Å². The molecule has 1 amide bonds. The van der Waals surface area contributed by atoms with Crippen LogP contribution in [0.15, 0.2) is 42.0 Å². The number of carbonyl (C=O) groups excluding carboxylic acids is 1. The van der Waals surface area contributed by atoms with Gasteiger partial charge in [0.2, 0.25) is 5.91 Å². The first kappa shape index (κ1) is 19.9. The number of hydrogen-bond acceptors (Lipinski definition) is 6. The van der Waals surface area contributed by atoms with Gasteiger partial charge in [-0.25, -0.2) is 14.6 Å². The molecule has 0 unspecified atom stereocenters. The number of halogens is 1. The zero-order valence-electron chi connectivity index (χ0n) is 16.7. The third-order valence-corrected chi connectivity index (χ3v) is 6.89. The van der Waals surface area contributed by atoms with Crippen LogP contribution in [0.3, 0.4) is 0 Å². The summed E-state index contributed by atoms with van der Waals surface area (Å²) in [5.74, 6) is 0.259. The molecule has 158 valence electrons. The average molecular weight is 455 g/mol. The molecule has 0 saturated carbocycles. The second kappa shape index (κ2) is 7.90. The molecule has 1 aromatic carbocycles. The fraction of sp³-hybridized carbons (Fsp3) is 0.286. The van der Waals surface area contributed by atoms with Crippen LogP contribution in [-0.2, 0) is 24.2 Å². The van der Waals surface area contributed by atoms with Crippen LogP contribution in [0.1, 0.15) is 23.8 Å². The Kier molecular flexibility index (Phi) is 5.07. The van der Waals surface area contributed by atoms with E-state index in [0.717, 1.165) is 29.7 Å². The van der Waals surface area contributed by atoms with Crippen LogP contribution in [0.2, 0.25) is 5.02 Å². The number of hydrogen-bond donors (Lipinski definition) is 1. The minimum atomic E-state index is -0.357. The largest absolute Gasteiger partial charge is 0.323 e. The summed E-state index contributed by atoms with van der Waals surface area (Å²) < 4.78 is 2.90. The first-order valence-electron chi connectivity index (χ1n) is 9.93. The molecular formula is C21H19ClN6O2S. The Morgan fingerprint density at radius 1 is 1.35 bits per heavy atom. The van der Waals surface area contributed by atoms with Gasteiger partial charge in [0.1, 0.15) is 24.0 Å². The van der Waals surface area contributed by atoms with E-state index in [2.05, 4.69) is 27.3 Å². The number of nitrogens with zero attached hydrogens (tertiary/aromatic N) is 5. The molecule has 3 heterocycles. The lowest BCUT2D eigenvalue weighted by molar-refractivity contribution is -0.116. The summed E-state index contributed by atoms with van der Waals surface area (Å²) in [5.41, 5.74) is 2.03. The predicted octanol–water partition coefficient (Wildman–Crippen LogP) is 3.46. The van der Waals surface area contributed by atoms with E-state index >= 15 is 0 Å². The third kappa shape index (κ3) is 3.75. The SMILES string of the molecule is C[C@@H]1CCc2c(sc3ncn(CC(=O)Nc4cc(Cl)ccc4-n4cncn4)c(=O)c23)C1. The number of benzene rings is 1. The molecule has 0 aliphatic heterocycles. The third-order valence-electron chi connectivity index (χ3n) is 5.49. The average Bonchev–Trinajstić information content (AvgIpc) is 3.38. The number of amides is 1. The highest BCUT2D eigenvalue weighted by Gasteiger charge is 2.23. The van der Waals surface area contributed by atoms with Crippen molar-refractivity contribution in [2.45, 2.75) is 32.7 Å². The highest BCUT2D eigenvalue weighted by Crippen LogP contribution is 2.35. The van der Waals surface area contributed by atoms with Crippen LogP contribution in [0.5, 0.6) is 0 Å². The van der Waals surface area contributed by atoms with Gasteiger partial charge in [0.25, 0.3) is 5.56 Å². The standard InChI is InChI=1S/C21H19ClN6O2S/c1-12-2-4-14-17(6-12)31-20-19(14)21(30)27(11-24-20)8-18(29)26-15-7-13(22)3-5-16(15)28-10-23-9-25-28/h3,5,7,9-12H,2,4,6,8H2,1H3,(H,26,29)/t12-/m1/s1. The zero-order valence-corrected chi connectivity index (χ0v) is 18.3. The highest BCUT2D eigenvalue weighted by molar-refractivity contribution is 7.18. The summed E-state index contributed by atoms with van der Waals surface area (Å²) in [5, 5.41) is 8.06. The number of aryl methyl sites for hydroxylation is 1. The molecular weight excluding hydrogens is 436 g/mol. The van der Waals surface area contributed by atoms with E-state index < -0.39 is 0 Å². The molecule has 0 spiro atoms. The highest BCUT2D eigenvalue weighted by atomic mass is 35.5. The number of fused-ring (bicyclic) bond motifs is 3. The van der Waals surface area contributed by atoms with Gasteiger partial charge in [-0.15, -0.1) is 11.3 Å². The van der Waals surface area contributed by atoms with Gasteiger partial charge in [-0.05, 0) is 48.9 Å². The topological polar surface area (TPSA) is 94.7 Å². The second-order valence-corrected chi connectivity index (χ2v) is 9.28. The van der Waals surface area contributed by atoms with Crippen molar-refractivity contribution in [3.05, 3.63) is 63.0 Å². The molecule has 8 nitrogen and oxygen atoms in total. The normalized spacial score (nSPS) is 15.7. The fourth-order valence-electron chi connectivity index (χ4n) is 3.96. The van der Waals surface area contributed by atoms with Crippen molar-refractivity contribution in [2.75, 3.05) is 5.32 Å². The van der Waals surface area contributed by atoms with Crippen molar-refractivity contribution in [3.8, 4) is 5.69 Å².